The van der Waals surface area contributed by atoms with E-state index in [1.54, 1.807) is 19.2 Å². The van der Waals surface area contributed by atoms with Crippen LogP contribution in [0.3, 0.4) is 0 Å². The highest BCUT2D eigenvalue weighted by atomic mass is 79.9. The number of para-hydroxylation sites is 1. The van der Waals surface area contributed by atoms with Gasteiger partial charge in [-0.2, -0.15) is 4.98 Å². The van der Waals surface area contributed by atoms with Gasteiger partial charge in [0.15, 0.2) is 0 Å². The predicted molar refractivity (Wildman–Crippen MR) is 153 cm³/mol. The van der Waals surface area contributed by atoms with Gasteiger partial charge >= 0.3 is 6.36 Å². The molecule has 1 fully saturated rings. The second-order valence-corrected chi connectivity index (χ2v) is 10.6. The summed E-state index contributed by atoms with van der Waals surface area (Å²) in [4.78, 5) is 9.52. The fourth-order valence-corrected chi connectivity index (χ4v) is 5.16. The van der Waals surface area contributed by atoms with E-state index in [0.717, 1.165) is 48.0 Å². The van der Waals surface area contributed by atoms with Crippen LogP contribution in [0.15, 0.2) is 71.2 Å². The van der Waals surface area contributed by atoms with Crippen LogP contribution in [0.2, 0.25) is 0 Å². The Morgan fingerprint density at radius 1 is 0.925 bits per heavy atom. The van der Waals surface area contributed by atoms with Crippen LogP contribution in [-0.2, 0) is 6.54 Å². The maximum atomic E-state index is 12.8. The number of rotatable bonds is 9. The summed E-state index contributed by atoms with van der Waals surface area (Å²) in [5.74, 6) is 1.84. The molecule has 0 atom stereocenters. The Labute approximate surface area is 238 Å². The van der Waals surface area contributed by atoms with Crippen molar-refractivity contribution in [3.05, 3.63) is 76.8 Å². The summed E-state index contributed by atoms with van der Waals surface area (Å²) in [5, 5.41) is 11.2. The Bertz CT molecular complexity index is 1440. The first kappa shape index (κ1) is 28.0. The predicted octanol–water partition coefficient (Wildman–Crippen LogP) is 7.56. The highest BCUT2D eigenvalue weighted by Crippen LogP contribution is 2.31. The average Bonchev–Trinajstić information content (AvgIpc) is 2.93. The number of methoxy groups -OCH3 is 1. The van der Waals surface area contributed by atoms with Gasteiger partial charge < -0.3 is 25.4 Å². The van der Waals surface area contributed by atoms with Crippen LogP contribution in [0.5, 0.6) is 11.5 Å². The smallest absolute Gasteiger partial charge is 0.497 e. The molecule has 1 aliphatic rings. The number of alkyl halides is 3. The van der Waals surface area contributed by atoms with Gasteiger partial charge in [0.1, 0.15) is 17.3 Å². The van der Waals surface area contributed by atoms with Crippen LogP contribution in [0.25, 0.3) is 10.9 Å². The van der Waals surface area contributed by atoms with Crippen LogP contribution in [0.1, 0.15) is 31.2 Å². The fourth-order valence-electron chi connectivity index (χ4n) is 4.82. The molecule has 0 radical (unpaired) electrons. The van der Waals surface area contributed by atoms with Crippen molar-refractivity contribution in [2.24, 2.45) is 0 Å². The summed E-state index contributed by atoms with van der Waals surface area (Å²) in [6.07, 6.45) is -1.25. The van der Waals surface area contributed by atoms with Crippen LogP contribution in [0, 0.1) is 0 Å². The molecular formula is C29H29BrF3N5O2. The first-order valence-corrected chi connectivity index (χ1v) is 13.8. The van der Waals surface area contributed by atoms with E-state index < -0.39 is 6.36 Å². The summed E-state index contributed by atoms with van der Waals surface area (Å²) < 4.78 is 48.5. The van der Waals surface area contributed by atoms with E-state index in [-0.39, 0.29) is 24.4 Å². The van der Waals surface area contributed by atoms with Crippen molar-refractivity contribution < 1.29 is 22.6 Å². The van der Waals surface area contributed by atoms with Crippen LogP contribution in [0.4, 0.5) is 30.6 Å². The molecule has 3 N–H and O–H groups in total. The molecule has 1 heterocycles. The van der Waals surface area contributed by atoms with E-state index >= 15 is 0 Å². The van der Waals surface area contributed by atoms with E-state index in [1.165, 1.54) is 6.07 Å². The van der Waals surface area contributed by atoms with E-state index in [1.807, 2.05) is 48.5 Å². The highest BCUT2D eigenvalue weighted by Gasteiger charge is 2.32. The zero-order chi connectivity index (χ0) is 28.1. The van der Waals surface area contributed by atoms with Gasteiger partial charge in [0.25, 0.3) is 0 Å². The van der Waals surface area contributed by atoms with Gasteiger partial charge in [-0.1, -0.05) is 34.1 Å². The third-order valence-corrected chi connectivity index (χ3v) is 7.35. The molecule has 40 heavy (non-hydrogen) atoms. The number of ether oxygens (including phenoxy) is 2. The largest absolute Gasteiger partial charge is 0.573 e. The molecule has 3 aromatic carbocycles. The van der Waals surface area contributed by atoms with Crippen molar-refractivity contribution in [1.29, 1.82) is 0 Å². The lowest BCUT2D eigenvalue weighted by Crippen LogP contribution is -2.37. The first-order chi connectivity index (χ1) is 19.3. The molecule has 0 saturated heterocycles. The van der Waals surface area contributed by atoms with Crippen molar-refractivity contribution >= 4 is 44.3 Å². The molecule has 0 spiro atoms. The molecule has 0 amide bonds. The number of anilines is 3. The molecule has 1 aromatic heterocycles. The Balaban J connectivity index is 1.20. The molecular weight excluding hydrogens is 587 g/mol. The second-order valence-electron chi connectivity index (χ2n) is 9.64. The number of nitrogens with one attached hydrogen (secondary N) is 3. The number of fused-ring (bicyclic) bond motifs is 1. The minimum atomic E-state index is -4.74. The quantitative estimate of drug-likeness (QED) is 0.179. The maximum absolute atomic E-state index is 12.8. The molecule has 5 rings (SSSR count). The van der Waals surface area contributed by atoms with E-state index in [2.05, 4.69) is 36.6 Å². The molecule has 0 unspecified atom stereocenters. The van der Waals surface area contributed by atoms with Crippen molar-refractivity contribution in [2.45, 2.75) is 50.7 Å². The van der Waals surface area contributed by atoms with Gasteiger partial charge in [-0.3, -0.25) is 0 Å². The van der Waals surface area contributed by atoms with E-state index in [9.17, 15) is 13.2 Å². The van der Waals surface area contributed by atoms with Crippen LogP contribution >= 0.6 is 15.9 Å². The Kier molecular flexibility index (Phi) is 8.60. The van der Waals surface area contributed by atoms with Gasteiger partial charge in [-0.25, -0.2) is 4.98 Å². The summed E-state index contributed by atoms with van der Waals surface area (Å²) in [6, 6.07) is 20.6. The van der Waals surface area contributed by atoms with Crippen molar-refractivity contribution in [3.8, 4) is 11.5 Å². The number of hydrogen-bond donors (Lipinski definition) is 3. The molecule has 0 bridgehead atoms. The van der Waals surface area contributed by atoms with E-state index in [4.69, 9.17) is 14.7 Å². The zero-order valence-corrected chi connectivity index (χ0v) is 23.3. The summed E-state index contributed by atoms with van der Waals surface area (Å²) in [6.45, 7) is 0.287. The number of nitrogens with zero attached hydrogens (tertiary/aromatic N) is 2. The molecule has 4 aromatic rings. The average molecular weight is 616 g/mol. The highest BCUT2D eigenvalue weighted by molar-refractivity contribution is 9.10. The standard InChI is InChI=1S/C29H29BrF3N5O2/c1-39-23-14-12-21(13-15-23)35-27-24-4-2-3-5-25(24)37-28(38-27)36-22-10-8-20(9-11-22)34-17-18-6-7-19(30)16-26(18)40-29(31,32)33/h2-7,12-16,20,22,34H,8-11,17H2,1H3,(H2,35,36,37,38)/t20-,22+. The van der Waals surface area contributed by atoms with E-state index in [0.29, 0.717) is 21.8 Å². The Hall–Kier alpha value is -3.57. The maximum Gasteiger partial charge on any atom is 0.573 e. The SMILES string of the molecule is COc1ccc(Nc2nc(N[C@H]3CC[C@@H](NCc4ccc(Br)cc4OC(F)(F)F)CC3)nc3ccccc23)cc1. The zero-order valence-electron chi connectivity index (χ0n) is 21.8. The minimum Gasteiger partial charge on any atom is -0.497 e. The van der Waals surface area contributed by atoms with Crippen molar-refractivity contribution in [2.75, 3.05) is 17.7 Å². The van der Waals surface area contributed by atoms with Gasteiger partial charge in [-0.05, 0) is 74.2 Å². The normalized spacial score (nSPS) is 17.4. The first-order valence-electron chi connectivity index (χ1n) is 13.0. The lowest BCUT2D eigenvalue weighted by Gasteiger charge is -2.30. The number of halogens is 4. The molecule has 210 valence electrons. The van der Waals surface area contributed by atoms with Crippen molar-refractivity contribution in [3.63, 3.8) is 0 Å². The monoisotopic (exact) mass is 615 g/mol. The van der Waals surface area contributed by atoms with Crippen molar-refractivity contribution in [1.82, 2.24) is 15.3 Å². The van der Waals surface area contributed by atoms with Crippen LogP contribution < -0.4 is 25.4 Å². The molecule has 7 nitrogen and oxygen atoms in total. The second kappa shape index (κ2) is 12.3. The summed E-state index contributed by atoms with van der Waals surface area (Å²) >= 11 is 3.21. The minimum absolute atomic E-state index is 0.185. The molecule has 1 saturated carbocycles. The lowest BCUT2D eigenvalue weighted by atomic mass is 9.91. The van der Waals surface area contributed by atoms with Gasteiger partial charge in [0.2, 0.25) is 5.95 Å². The van der Waals surface area contributed by atoms with Gasteiger partial charge in [0, 0.05) is 39.7 Å². The molecule has 1 aliphatic carbocycles. The van der Waals surface area contributed by atoms with Gasteiger partial charge in [-0.15, -0.1) is 13.2 Å². The summed E-state index contributed by atoms with van der Waals surface area (Å²) in [7, 11) is 1.63. The Morgan fingerprint density at radius 3 is 2.38 bits per heavy atom. The third-order valence-electron chi connectivity index (χ3n) is 6.85. The fraction of sp³-hybridized carbons (Fsp3) is 0.310. The lowest BCUT2D eigenvalue weighted by molar-refractivity contribution is -0.274. The molecule has 11 heteroatoms. The number of aromatic nitrogens is 2. The number of benzene rings is 3. The number of hydrogen-bond acceptors (Lipinski definition) is 7. The molecule has 0 aliphatic heterocycles. The summed E-state index contributed by atoms with van der Waals surface area (Å²) in [5.41, 5.74) is 2.18. The van der Waals surface area contributed by atoms with Gasteiger partial charge in [0.05, 0.1) is 12.6 Å². The third kappa shape index (κ3) is 7.33. The topological polar surface area (TPSA) is 80.3 Å². The van der Waals surface area contributed by atoms with Crippen LogP contribution in [-0.4, -0.2) is 35.5 Å². The Morgan fingerprint density at radius 2 is 1.65 bits per heavy atom.